The number of hydrogen-bond donors (Lipinski definition) is 0. The smallest absolute Gasteiger partial charge is 0.417 e. The van der Waals surface area contributed by atoms with Crippen molar-refractivity contribution in [2.45, 2.75) is 17.6 Å². The molecule has 1 aliphatic rings. The summed E-state index contributed by atoms with van der Waals surface area (Å²) < 4.78 is 71.8. The van der Waals surface area contributed by atoms with Crippen molar-refractivity contribution in [3.63, 3.8) is 0 Å². The number of para-hydroxylation sites is 2. The minimum absolute atomic E-state index is 0.145. The van der Waals surface area contributed by atoms with Crippen LogP contribution in [0, 0.1) is 0 Å². The molecule has 4 rings (SSSR count). The van der Waals surface area contributed by atoms with Crippen molar-refractivity contribution in [3.8, 4) is 0 Å². The average molecular weight is 460 g/mol. The summed E-state index contributed by atoms with van der Waals surface area (Å²) in [6.07, 6.45) is -4.74. The molecule has 2 heterocycles. The van der Waals surface area contributed by atoms with E-state index in [1.807, 2.05) is 29.2 Å². The molecule has 160 valence electrons. The highest BCUT2D eigenvalue weighted by atomic mass is 35.5. The van der Waals surface area contributed by atoms with Crippen LogP contribution in [0.4, 0.5) is 13.2 Å². The van der Waals surface area contributed by atoms with E-state index in [0.29, 0.717) is 37.2 Å². The first-order chi connectivity index (χ1) is 14.1. The number of fused-ring (bicyclic) bond motifs is 1. The molecule has 1 fully saturated rings. The van der Waals surface area contributed by atoms with E-state index in [4.69, 9.17) is 16.0 Å². The van der Waals surface area contributed by atoms with Crippen LogP contribution in [0.3, 0.4) is 0 Å². The Balaban J connectivity index is 1.45. The fourth-order valence-electron chi connectivity index (χ4n) is 3.34. The van der Waals surface area contributed by atoms with Crippen molar-refractivity contribution < 1.29 is 26.0 Å². The van der Waals surface area contributed by atoms with Gasteiger partial charge in [0.2, 0.25) is 15.9 Å². The molecule has 0 unspecified atom stereocenters. The maximum atomic E-state index is 13.1. The molecule has 0 saturated carbocycles. The van der Waals surface area contributed by atoms with Crippen molar-refractivity contribution in [1.82, 2.24) is 14.2 Å². The number of hydrogen-bond acceptors (Lipinski definition) is 5. The molecule has 0 spiro atoms. The lowest BCUT2D eigenvalue weighted by Crippen LogP contribution is -2.48. The number of nitrogens with zero attached hydrogens (tertiary/aromatic N) is 3. The van der Waals surface area contributed by atoms with E-state index >= 15 is 0 Å². The summed E-state index contributed by atoms with van der Waals surface area (Å²) in [5.74, 6) is 0.528. The second kappa shape index (κ2) is 7.84. The molecule has 30 heavy (non-hydrogen) atoms. The zero-order chi connectivity index (χ0) is 21.5. The molecule has 1 aliphatic heterocycles. The average Bonchev–Trinajstić information content (AvgIpc) is 3.10. The van der Waals surface area contributed by atoms with Crippen molar-refractivity contribution >= 4 is 32.7 Å². The first-order valence-electron chi connectivity index (χ1n) is 9.08. The SMILES string of the molecule is O=S(=O)(c1ccc(Cl)c(C(F)(F)F)c1)N1CCN(Cc2nc3ccccc3o2)CC1. The summed E-state index contributed by atoms with van der Waals surface area (Å²) in [5, 5.41) is -0.537. The molecular formula is C19H17ClF3N3O3S. The topological polar surface area (TPSA) is 66.7 Å². The highest BCUT2D eigenvalue weighted by Gasteiger charge is 2.36. The lowest BCUT2D eigenvalue weighted by atomic mass is 10.2. The van der Waals surface area contributed by atoms with Crippen LogP contribution in [0.2, 0.25) is 5.02 Å². The Morgan fingerprint density at radius 2 is 1.77 bits per heavy atom. The predicted octanol–water partition coefficient (Wildman–Crippen LogP) is 4.01. The molecular weight excluding hydrogens is 443 g/mol. The van der Waals surface area contributed by atoms with Gasteiger partial charge in [-0.25, -0.2) is 13.4 Å². The molecule has 0 bridgehead atoms. The largest absolute Gasteiger partial charge is 0.439 e. The Kier molecular flexibility index (Phi) is 5.52. The summed E-state index contributed by atoms with van der Waals surface area (Å²) >= 11 is 5.59. The van der Waals surface area contributed by atoms with Crippen LogP contribution >= 0.6 is 11.6 Å². The number of aromatic nitrogens is 1. The lowest BCUT2D eigenvalue weighted by molar-refractivity contribution is -0.137. The van der Waals surface area contributed by atoms with E-state index < -0.39 is 31.7 Å². The normalized spacial score (nSPS) is 16.9. The number of benzene rings is 2. The van der Waals surface area contributed by atoms with Gasteiger partial charge in [-0.1, -0.05) is 23.7 Å². The van der Waals surface area contributed by atoms with E-state index in [1.54, 1.807) is 0 Å². The van der Waals surface area contributed by atoms with Crippen molar-refractivity contribution in [3.05, 3.63) is 58.9 Å². The molecule has 1 saturated heterocycles. The van der Waals surface area contributed by atoms with Gasteiger partial charge in [0.15, 0.2) is 5.58 Å². The molecule has 0 aliphatic carbocycles. The maximum absolute atomic E-state index is 13.1. The maximum Gasteiger partial charge on any atom is 0.417 e. The zero-order valence-corrected chi connectivity index (χ0v) is 17.1. The van der Waals surface area contributed by atoms with Crippen LogP contribution < -0.4 is 0 Å². The molecule has 0 N–H and O–H groups in total. The van der Waals surface area contributed by atoms with Crippen LogP contribution in [0.25, 0.3) is 11.1 Å². The number of halogens is 4. The molecule has 0 radical (unpaired) electrons. The first kappa shape index (κ1) is 21.1. The van der Waals surface area contributed by atoms with E-state index in [1.165, 1.54) is 4.31 Å². The zero-order valence-electron chi connectivity index (χ0n) is 15.6. The molecule has 6 nitrogen and oxygen atoms in total. The Morgan fingerprint density at radius 3 is 2.43 bits per heavy atom. The minimum Gasteiger partial charge on any atom is -0.439 e. The van der Waals surface area contributed by atoms with Crippen LogP contribution in [-0.4, -0.2) is 48.8 Å². The third-order valence-electron chi connectivity index (χ3n) is 4.91. The standard InChI is InChI=1S/C19H17ClF3N3O3S/c20-15-6-5-13(11-14(15)19(21,22)23)30(27,28)26-9-7-25(8-10-26)12-18-24-16-3-1-2-4-17(16)29-18/h1-6,11H,7-10,12H2. The van der Waals surface area contributed by atoms with Gasteiger partial charge in [-0.2, -0.15) is 17.5 Å². The summed E-state index contributed by atoms with van der Waals surface area (Å²) in [6.45, 7) is 1.51. The van der Waals surface area contributed by atoms with Gasteiger partial charge >= 0.3 is 6.18 Å². The van der Waals surface area contributed by atoms with Crippen LogP contribution in [0.5, 0.6) is 0 Å². The molecule has 0 atom stereocenters. The van der Waals surface area contributed by atoms with Gasteiger partial charge in [0.05, 0.1) is 22.0 Å². The Labute approximate surface area is 175 Å². The second-order valence-corrected chi connectivity index (χ2v) is 9.24. The molecule has 3 aromatic rings. The number of oxazole rings is 1. The van der Waals surface area contributed by atoms with Gasteiger partial charge < -0.3 is 4.42 Å². The van der Waals surface area contributed by atoms with Crippen molar-refractivity contribution in [2.24, 2.45) is 0 Å². The summed E-state index contributed by atoms with van der Waals surface area (Å²) in [7, 11) is -4.07. The van der Waals surface area contributed by atoms with Gasteiger partial charge in [0.1, 0.15) is 5.52 Å². The quantitative estimate of drug-likeness (QED) is 0.590. The van der Waals surface area contributed by atoms with Crippen LogP contribution in [0.1, 0.15) is 11.5 Å². The summed E-state index contributed by atoms with van der Waals surface area (Å²) in [5.41, 5.74) is 0.258. The van der Waals surface area contributed by atoms with Gasteiger partial charge in [0, 0.05) is 26.2 Å². The van der Waals surface area contributed by atoms with Crippen LogP contribution in [-0.2, 0) is 22.7 Å². The van der Waals surface area contributed by atoms with Crippen molar-refractivity contribution in [1.29, 1.82) is 0 Å². The summed E-state index contributed by atoms with van der Waals surface area (Å²) in [4.78, 5) is 5.97. The Hall–Kier alpha value is -2.14. The first-order valence-corrected chi connectivity index (χ1v) is 10.9. The fourth-order valence-corrected chi connectivity index (χ4v) is 5.01. The van der Waals surface area contributed by atoms with E-state index in [2.05, 4.69) is 4.98 Å². The van der Waals surface area contributed by atoms with Gasteiger partial charge in [-0.3, -0.25) is 4.90 Å². The van der Waals surface area contributed by atoms with Crippen molar-refractivity contribution in [2.75, 3.05) is 26.2 Å². The molecule has 1 aromatic heterocycles. The second-order valence-electron chi connectivity index (χ2n) is 6.89. The third kappa shape index (κ3) is 4.18. The molecule has 11 heteroatoms. The monoisotopic (exact) mass is 459 g/mol. The number of piperazine rings is 1. The van der Waals surface area contributed by atoms with Gasteiger partial charge in [-0.15, -0.1) is 0 Å². The molecule has 2 aromatic carbocycles. The van der Waals surface area contributed by atoms with Gasteiger partial charge in [-0.05, 0) is 30.3 Å². The third-order valence-corrected chi connectivity index (χ3v) is 7.13. The van der Waals surface area contributed by atoms with E-state index in [0.717, 1.165) is 17.6 Å². The predicted molar refractivity (Wildman–Crippen MR) is 104 cm³/mol. The molecule has 0 amide bonds. The number of sulfonamides is 1. The van der Waals surface area contributed by atoms with Gasteiger partial charge in [0.25, 0.3) is 0 Å². The Bertz CT molecular complexity index is 1140. The van der Waals surface area contributed by atoms with E-state index in [-0.39, 0.29) is 13.1 Å². The minimum atomic E-state index is -4.74. The summed E-state index contributed by atoms with van der Waals surface area (Å²) in [6, 6.07) is 10.0. The number of rotatable bonds is 4. The Morgan fingerprint density at radius 1 is 1.07 bits per heavy atom. The van der Waals surface area contributed by atoms with Crippen LogP contribution in [0.15, 0.2) is 51.8 Å². The number of alkyl halides is 3. The van der Waals surface area contributed by atoms with E-state index in [9.17, 15) is 21.6 Å². The fraction of sp³-hybridized carbons (Fsp3) is 0.316. The highest BCUT2D eigenvalue weighted by molar-refractivity contribution is 7.89. The lowest BCUT2D eigenvalue weighted by Gasteiger charge is -2.33. The highest BCUT2D eigenvalue weighted by Crippen LogP contribution is 2.36.